The van der Waals surface area contributed by atoms with Gasteiger partial charge in [0.2, 0.25) is 0 Å². The van der Waals surface area contributed by atoms with Crippen LogP contribution in [-0.4, -0.2) is 253 Å². The van der Waals surface area contributed by atoms with Crippen LogP contribution in [0, 0.1) is 89.9 Å². The van der Waals surface area contributed by atoms with Crippen LogP contribution in [0.15, 0.2) is 91.4 Å². The number of nitrogens with two attached hydrogens (primary N) is 7. The number of aromatic nitrogens is 2. The summed E-state index contributed by atoms with van der Waals surface area (Å²) < 4.78 is 79.9. The minimum Gasteiger partial charge on any atom is -0.479 e. The van der Waals surface area contributed by atoms with Crippen LogP contribution in [0.25, 0.3) is 0 Å². The molecule has 3 aliphatic rings. The van der Waals surface area contributed by atoms with E-state index in [1.54, 1.807) is 40.5 Å². The summed E-state index contributed by atoms with van der Waals surface area (Å²) >= 11 is 0. The second-order valence-electron chi connectivity index (χ2n) is 27.0. The van der Waals surface area contributed by atoms with Gasteiger partial charge >= 0.3 is 0 Å². The first-order chi connectivity index (χ1) is 52.8. The number of methoxy groups -OCH3 is 2. The molecule has 3 saturated heterocycles. The number of likely N-dealkylation sites (N-methyl/N-ethyl adjacent to an activating group) is 4. The van der Waals surface area contributed by atoms with Gasteiger partial charge in [0.15, 0.2) is 9.84 Å². The quantitative estimate of drug-likeness (QED) is 0.0113. The molecule has 3 aliphatic heterocycles. The fraction of sp³-hybridized carbons (Fsp3) is 0.627. The Morgan fingerprint density at radius 2 is 1.15 bits per heavy atom. The van der Waals surface area contributed by atoms with Crippen molar-refractivity contribution in [1.82, 2.24) is 9.97 Å². The summed E-state index contributed by atoms with van der Waals surface area (Å²) in [4.78, 5) is 12.9. The predicted octanol–water partition coefficient (Wildman–Crippen LogP) is -3.53. The van der Waals surface area contributed by atoms with Crippen molar-refractivity contribution < 1.29 is 117 Å². The van der Waals surface area contributed by atoms with Crippen LogP contribution in [0.5, 0.6) is 0 Å². The first-order valence-electron chi connectivity index (χ1n) is 39.1. The molecule has 0 saturated carbocycles. The number of sulfone groups is 1. The van der Waals surface area contributed by atoms with Gasteiger partial charge in [-0.15, -0.1) is 6.42 Å². The molecule has 26 nitrogen and oxygen atoms in total. The topological polar surface area (TPSA) is 295 Å². The summed E-state index contributed by atoms with van der Waals surface area (Å²) in [6.45, 7) is 36.9. The summed E-state index contributed by atoms with van der Waals surface area (Å²) in [6.07, 6.45) is 18.4. The molecule has 5 heterocycles. The Kier molecular flexibility index (Phi) is 89.2. The molecule has 2 aromatic heterocycles. The van der Waals surface area contributed by atoms with E-state index in [0.29, 0.717) is 63.1 Å². The van der Waals surface area contributed by atoms with E-state index in [-0.39, 0.29) is 6.10 Å². The third kappa shape index (κ3) is 81.9. The lowest BCUT2D eigenvalue weighted by molar-refractivity contribution is -0.832. The van der Waals surface area contributed by atoms with Gasteiger partial charge in [-0.1, -0.05) is 67.5 Å². The summed E-state index contributed by atoms with van der Waals surface area (Å²) in [7, 11) is 49.1. The maximum absolute atomic E-state index is 11.5. The number of quaternary nitrogens is 11. The molecule has 27 heteroatoms. The van der Waals surface area contributed by atoms with Gasteiger partial charge in [0.25, 0.3) is 0 Å². The molecular formula is C83H165N13O13S. The normalized spacial score (nSPS) is 17.1. The van der Waals surface area contributed by atoms with Crippen molar-refractivity contribution in [2.45, 2.75) is 141 Å². The van der Waals surface area contributed by atoms with E-state index >= 15 is 0 Å². The number of fused-ring (bicyclic) bond motifs is 1. The van der Waals surface area contributed by atoms with E-state index < -0.39 is 14.6 Å². The van der Waals surface area contributed by atoms with Crippen molar-refractivity contribution in [3.05, 3.63) is 186 Å². The fourth-order valence-corrected chi connectivity index (χ4v) is 10.3. The van der Waals surface area contributed by atoms with Gasteiger partial charge < -0.3 is 109 Å². The Balaban J connectivity index is -0.000000369. The molecule has 0 spiro atoms. The molecule has 646 valence electrons. The minimum absolute atomic E-state index is 0.0649. The second-order valence-corrected chi connectivity index (χ2v) is 29.8. The van der Waals surface area contributed by atoms with E-state index in [1.165, 1.54) is 44.4 Å². The van der Waals surface area contributed by atoms with E-state index in [4.69, 9.17) is 58.5 Å². The lowest BCUT2D eigenvalue weighted by Gasteiger charge is -2.34. The van der Waals surface area contributed by atoms with E-state index in [1.807, 2.05) is 141 Å². The smallest absolute Gasteiger partial charge is 0.155 e. The molecule has 0 bridgehead atoms. The third-order valence-corrected chi connectivity index (χ3v) is 17.9. The summed E-state index contributed by atoms with van der Waals surface area (Å²) in [5, 5.41) is 13.1. The molecule has 0 aliphatic carbocycles. The molecule has 9 atom stereocenters. The van der Waals surface area contributed by atoms with Crippen LogP contribution in [0.2, 0.25) is 0 Å². The van der Waals surface area contributed by atoms with E-state index in [0.717, 1.165) is 181 Å². The molecular weight excluding hydrogens is 1420 g/mol. The van der Waals surface area contributed by atoms with Gasteiger partial charge in [0.1, 0.15) is 18.2 Å². The number of hydrogen-bond acceptors (Lipinski definition) is 15. The number of hydrogen-bond donors (Lipinski definition) is 11. The lowest BCUT2D eigenvalue weighted by atomic mass is 10.0. The van der Waals surface area contributed by atoms with Gasteiger partial charge in [-0.25, -0.2) is 8.42 Å². The minimum atomic E-state index is -2.85. The van der Waals surface area contributed by atoms with Crippen LogP contribution in [-0.2, 0) is 81.8 Å². The van der Waals surface area contributed by atoms with Crippen LogP contribution in [0.4, 0.5) is 0 Å². The molecule has 3 fully saturated rings. The maximum Gasteiger partial charge on any atom is 0.155 e. The highest BCUT2D eigenvalue weighted by molar-refractivity contribution is 7.92. The molecule has 9 unspecified atom stereocenters. The van der Waals surface area contributed by atoms with Crippen LogP contribution < -0.4 is 56.8 Å². The summed E-state index contributed by atoms with van der Waals surface area (Å²) in [6, 6.07) is 20.7. The Labute approximate surface area is 673 Å². The van der Waals surface area contributed by atoms with Crippen molar-refractivity contribution in [3.63, 3.8) is 0 Å². The first-order valence-corrected chi connectivity index (χ1v) is 40.7. The SMILES string of the molecule is C#CC(C)OCC[NH2+][CH2-].C=C(C)COCC[NH2+][CH2-].[CH2-][NH+](C)CCOC.[CH2-][NH+](C)CCOCC.[CH2-][NH+](C)CCOCCC.[CH2-][NH+](C)CCOCc1ccccc1.[CH2-][NH2+]C1CCS(=O)(=O)C(C)(C)C1.[CH2-][NH2+]C1COC2CCOC12.[CH2-][NH2+]CCCCCOC.[CH2-][NH2+]CCOCc1ccccn1.[CH2-][NH2+]CCOCc1cccnc1. The average Bonchev–Trinajstić information content (AvgIpc) is 1.08. The fourth-order valence-electron chi connectivity index (χ4n) is 8.68. The van der Waals surface area contributed by atoms with Gasteiger partial charge in [-0.2, -0.15) is 77.5 Å². The second kappa shape index (κ2) is 85.8. The van der Waals surface area contributed by atoms with E-state index in [2.05, 4.69) is 119 Å². The Bertz CT molecular complexity index is 2420. The molecule has 0 amide bonds. The molecule has 18 N–H and O–H groups in total. The average molecular weight is 1590 g/mol. The number of rotatable bonds is 44. The molecule has 6 rings (SSSR count). The highest BCUT2D eigenvalue weighted by Crippen LogP contribution is 2.29. The molecule has 0 radical (unpaired) electrons. The van der Waals surface area contributed by atoms with Gasteiger partial charge in [-0.3, -0.25) is 9.97 Å². The zero-order valence-electron chi connectivity index (χ0n) is 71.1. The largest absolute Gasteiger partial charge is 0.479 e. The van der Waals surface area contributed by atoms with Gasteiger partial charge in [-0.05, 0) is 96.0 Å². The number of ether oxygens (including phenoxy) is 11. The lowest BCUT2D eigenvalue weighted by Crippen LogP contribution is -3.04. The highest BCUT2D eigenvalue weighted by atomic mass is 32.2. The van der Waals surface area contributed by atoms with E-state index in [9.17, 15) is 8.42 Å². The van der Waals surface area contributed by atoms with Crippen molar-refractivity contribution in [1.29, 1.82) is 0 Å². The van der Waals surface area contributed by atoms with Crippen LogP contribution in [0.1, 0.15) is 103 Å². The predicted molar refractivity (Wildman–Crippen MR) is 441 cm³/mol. The number of unbranched alkanes of at least 4 members (excludes halogenated alkanes) is 2. The monoisotopic (exact) mass is 1580 g/mol. The van der Waals surface area contributed by atoms with Crippen molar-refractivity contribution in [2.75, 3.05) is 200 Å². The van der Waals surface area contributed by atoms with Gasteiger partial charge in [0, 0.05) is 100 Å². The number of pyridine rings is 2. The molecule has 3 aromatic rings. The van der Waals surface area contributed by atoms with Crippen LogP contribution >= 0.6 is 0 Å². The van der Waals surface area contributed by atoms with Crippen molar-refractivity contribution in [2.24, 2.45) is 0 Å². The Hall–Kier alpha value is -4.11. The first kappa shape index (κ1) is 114. The molecule has 1 aromatic carbocycles. The highest BCUT2D eigenvalue weighted by Gasteiger charge is 2.43. The summed E-state index contributed by atoms with van der Waals surface area (Å²) in [5.74, 6) is 2.78. The summed E-state index contributed by atoms with van der Waals surface area (Å²) in [5.41, 5.74) is 4.38. The Morgan fingerprint density at radius 1 is 0.618 bits per heavy atom. The van der Waals surface area contributed by atoms with Crippen molar-refractivity contribution >= 4 is 9.84 Å². The maximum atomic E-state index is 11.5. The number of benzene rings is 1. The van der Waals surface area contributed by atoms with Crippen LogP contribution in [0.3, 0.4) is 0 Å². The zero-order valence-corrected chi connectivity index (χ0v) is 72.0. The third-order valence-electron chi connectivity index (χ3n) is 15.3. The standard InChI is InChI=1S/C11H17NO.2C9H14N2O.C8H17NO2S.C7H13NO2.C7H15NO.C7H17NO.C7H13NO.C7H17NO.C6H15NO.C5H13NO/c1-12(2)8-9-13-10-11-6-4-3-5-7-11;1-10-5-6-12-8-9-3-2-4-11-7-9;1-10-6-7-12-8-9-4-2-3-5-11-9;1-8(2)6-7(9-3)4-5-12(8,10)11;1-8-5-4-10-6-2-3-9-7(5)6;1-7(2)6-9-5-4-8-3;1-8-6-4-3-5-7-9-2;1-4-7(2)9-6-5-8-3;1-4-6-9-7-5-8(2)3;1-4-8-6-5-7(2)3;1-6(2)4-5-7-3/h3-7,12H,1,8-10H2,2H3;2-4,7H,1,5-6,8,10H2;2-5H,1,6-8,10H2;7H,3-6,9H2,1-2H3;5-7H,1-4,8H2;1,3-6,8H2,2H3;1,3-8H2,2H3;1,7H,3,5-6,8H2,2H3;8H,2,4-7H2,1,3H3;7H,2,4-6H2,1,3H3;6H,1,4-5H2,2-3H3. The van der Waals surface area contributed by atoms with Gasteiger partial charge in [0.05, 0.1) is 173 Å². The number of terminal acetylenes is 1. The zero-order chi connectivity index (χ0) is 83.6. The number of nitrogens with zero attached hydrogens (tertiary/aromatic N) is 2. The van der Waals surface area contributed by atoms with Crippen molar-refractivity contribution in [3.8, 4) is 12.3 Å². The number of nitrogens with one attached hydrogen (secondary N) is 4. The molecule has 110 heavy (non-hydrogen) atoms. The Morgan fingerprint density at radius 3 is 1.63 bits per heavy atom.